The Balaban J connectivity index is 2.79. The number of hydrogen-bond acceptors (Lipinski definition) is 6. The lowest BCUT2D eigenvalue weighted by Crippen LogP contribution is -2.25. The molecule has 8 nitrogen and oxygen atoms in total. The van der Waals surface area contributed by atoms with Gasteiger partial charge in [0.2, 0.25) is 5.91 Å². The van der Waals surface area contributed by atoms with Crippen molar-refractivity contribution in [2.75, 3.05) is 24.7 Å². The smallest absolute Gasteiger partial charge is 0.266 e. The van der Waals surface area contributed by atoms with Gasteiger partial charge in [0.05, 0.1) is 5.75 Å². The maximum atomic E-state index is 10.9. The maximum Gasteiger partial charge on any atom is 0.266 e. The van der Waals surface area contributed by atoms with Crippen LogP contribution in [0.2, 0.25) is 0 Å². The van der Waals surface area contributed by atoms with Crippen molar-refractivity contribution < 1.29 is 28.0 Å². The second kappa shape index (κ2) is 6.74. The first-order chi connectivity index (χ1) is 9.58. The predicted molar refractivity (Wildman–Crippen MR) is 76.8 cm³/mol. The number of carbonyl (C=O) groups excluding carboxylic acids is 1. The summed E-state index contributed by atoms with van der Waals surface area (Å²) in [6.45, 7) is 1.58. The van der Waals surface area contributed by atoms with E-state index in [0.29, 0.717) is 5.56 Å². The van der Waals surface area contributed by atoms with Gasteiger partial charge in [-0.3, -0.25) is 9.35 Å². The molecule has 0 atom stereocenters. The van der Waals surface area contributed by atoms with Crippen LogP contribution in [0.25, 0.3) is 0 Å². The number of aromatic hydroxyl groups is 2. The molecule has 1 aromatic rings. The molecule has 1 rings (SSSR count). The van der Waals surface area contributed by atoms with Crippen LogP contribution in [0, 0.1) is 0 Å². The number of rotatable bonds is 6. The number of nitrogens with zero attached hydrogens (tertiary/aromatic N) is 1. The predicted octanol–water partition coefficient (Wildman–Crippen LogP) is 0.376. The zero-order valence-electron chi connectivity index (χ0n) is 11.7. The van der Waals surface area contributed by atoms with E-state index in [9.17, 15) is 23.4 Å². The third kappa shape index (κ3) is 5.98. The fourth-order valence-electron chi connectivity index (χ4n) is 1.73. The summed E-state index contributed by atoms with van der Waals surface area (Å²) in [5.41, 5.74) is 0.448. The number of nitrogens with one attached hydrogen (secondary N) is 1. The number of amides is 1. The lowest BCUT2D eigenvalue weighted by Gasteiger charge is -2.17. The van der Waals surface area contributed by atoms with Gasteiger partial charge in [-0.15, -0.1) is 0 Å². The topological polar surface area (TPSA) is 127 Å². The summed E-state index contributed by atoms with van der Waals surface area (Å²) >= 11 is 0. The van der Waals surface area contributed by atoms with Gasteiger partial charge in [-0.1, -0.05) is 0 Å². The Morgan fingerprint density at radius 2 is 1.81 bits per heavy atom. The van der Waals surface area contributed by atoms with Crippen LogP contribution < -0.4 is 5.32 Å². The second-order valence-electron chi connectivity index (χ2n) is 4.71. The Kier molecular flexibility index (Phi) is 5.53. The van der Waals surface area contributed by atoms with Crippen molar-refractivity contribution in [1.82, 2.24) is 4.90 Å². The van der Waals surface area contributed by atoms with Gasteiger partial charge in [-0.25, -0.2) is 0 Å². The highest BCUT2D eigenvalue weighted by Crippen LogP contribution is 2.34. The fourth-order valence-corrected chi connectivity index (χ4v) is 2.27. The van der Waals surface area contributed by atoms with E-state index < -0.39 is 21.8 Å². The highest BCUT2D eigenvalue weighted by molar-refractivity contribution is 7.85. The number of hydrogen-bond donors (Lipinski definition) is 4. The zero-order chi connectivity index (χ0) is 16.2. The van der Waals surface area contributed by atoms with E-state index in [2.05, 4.69) is 5.32 Å². The normalized spacial score (nSPS) is 11.6. The third-order valence-corrected chi connectivity index (χ3v) is 3.34. The quantitative estimate of drug-likeness (QED) is 0.441. The van der Waals surface area contributed by atoms with Gasteiger partial charge in [-0.2, -0.15) is 8.42 Å². The molecule has 0 fully saturated rings. The van der Waals surface area contributed by atoms with E-state index in [1.54, 1.807) is 11.9 Å². The summed E-state index contributed by atoms with van der Waals surface area (Å²) < 4.78 is 30.0. The van der Waals surface area contributed by atoms with Crippen molar-refractivity contribution in [1.29, 1.82) is 0 Å². The molecule has 0 radical (unpaired) electrons. The van der Waals surface area contributed by atoms with E-state index in [1.807, 2.05) is 0 Å². The number of anilines is 1. The molecule has 4 N–H and O–H groups in total. The molecular weight excluding hydrogens is 300 g/mol. The average Bonchev–Trinajstić information content (AvgIpc) is 2.30. The van der Waals surface area contributed by atoms with E-state index in [0.717, 1.165) is 0 Å². The standard InChI is InChI=1S/C12H18N2O6S/c1-8(15)13-12-10(16)5-9(6-11(12)17)7-14(2)3-4-21(18,19)20/h5-6,16-17H,3-4,7H2,1-2H3,(H,13,15)(H,18,19,20). The van der Waals surface area contributed by atoms with Crippen LogP contribution in [-0.2, 0) is 21.5 Å². The van der Waals surface area contributed by atoms with E-state index in [-0.39, 0.29) is 30.3 Å². The highest BCUT2D eigenvalue weighted by atomic mass is 32.2. The number of carbonyl (C=O) groups is 1. The Labute approximate surface area is 122 Å². The molecule has 0 bridgehead atoms. The first-order valence-corrected chi connectivity index (χ1v) is 7.65. The maximum absolute atomic E-state index is 10.9. The van der Waals surface area contributed by atoms with Gasteiger partial charge >= 0.3 is 0 Å². The molecule has 0 heterocycles. The van der Waals surface area contributed by atoms with Gasteiger partial charge in [0.15, 0.2) is 0 Å². The molecule has 1 aromatic carbocycles. The van der Waals surface area contributed by atoms with Crippen molar-refractivity contribution in [2.45, 2.75) is 13.5 Å². The Bertz CT molecular complexity index is 606. The molecule has 0 saturated carbocycles. The molecule has 9 heteroatoms. The molecule has 0 aliphatic heterocycles. The summed E-state index contributed by atoms with van der Waals surface area (Å²) in [5.74, 6) is -1.42. The summed E-state index contributed by atoms with van der Waals surface area (Å²) in [4.78, 5) is 12.5. The molecule has 0 unspecified atom stereocenters. The molecule has 21 heavy (non-hydrogen) atoms. The number of phenols is 2. The summed E-state index contributed by atoms with van der Waals surface area (Å²) in [6, 6.07) is 2.71. The van der Waals surface area contributed by atoms with Crippen molar-refractivity contribution in [3.8, 4) is 11.5 Å². The SMILES string of the molecule is CC(=O)Nc1c(O)cc(CN(C)CCS(=O)(=O)O)cc1O. The number of benzene rings is 1. The van der Waals surface area contributed by atoms with E-state index >= 15 is 0 Å². The van der Waals surface area contributed by atoms with Crippen LogP contribution in [0.4, 0.5) is 5.69 Å². The van der Waals surface area contributed by atoms with Crippen molar-refractivity contribution in [3.63, 3.8) is 0 Å². The summed E-state index contributed by atoms with van der Waals surface area (Å²) in [6.07, 6.45) is 0. The first kappa shape index (κ1) is 17.2. The molecule has 1 amide bonds. The fraction of sp³-hybridized carbons (Fsp3) is 0.417. The Morgan fingerprint density at radius 1 is 1.29 bits per heavy atom. The van der Waals surface area contributed by atoms with Crippen LogP contribution in [0.5, 0.6) is 11.5 Å². The largest absolute Gasteiger partial charge is 0.506 e. The molecule has 118 valence electrons. The van der Waals surface area contributed by atoms with Crippen molar-refractivity contribution in [3.05, 3.63) is 17.7 Å². The van der Waals surface area contributed by atoms with E-state index in [1.165, 1.54) is 19.1 Å². The minimum Gasteiger partial charge on any atom is -0.506 e. The highest BCUT2D eigenvalue weighted by Gasteiger charge is 2.13. The van der Waals surface area contributed by atoms with Gasteiger partial charge < -0.3 is 20.4 Å². The van der Waals surface area contributed by atoms with Crippen LogP contribution in [-0.4, -0.2) is 53.3 Å². The summed E-state index contributed by atoms with van der Waals surface area (Å²) in [7, 11) is -2.41. The van der Waals surface area contributed by atoms with Crippen LogP contribution in [0.3, 0.4) is 0 Å². The van der Waals surface area contributed by atoms with E-state index in [4.69, 9.17) is 4.55 Å². The lowest BCUT2D eigenvalue weighted by molar-refractivity contribution is -0.114. The van der Waals surface area contributed by atoms with Crippen LogP contribution in [0.15, 0.2) is 12.1 Å². The molecule has 0 aliphatic carbocycles. The summed E-state index contributed by atoms with van der Waals surface area (Å²) in [5, 5.41) is 21.8. The minimum absolute atomic E-state index is 0.0770. The van der Waals surface area contributed by atoms with Gasteiger partial charge in [-0.05, 0) is 24.7 Å². The van der Waals surface area contributed by atoms with Crippen molar-refractivity contribution >= 4 is 21.7 Å². The minimum atomic E-state index is -4.04. The zero-order valence-corrected chi connectivity index (χ0v) is 12.5. The van der Waals surface area contributed by atoms with Gasteiger partial charge in [0, 0.05) is 20.0 Å². The molecule has 0 saturated heterocycles. The van der Waals surface area contributed by atoms with Crippen LogP contribution in [0.1, 0.15) is 12.5 Å². The van der Waals surface area contributed by atoms with Gasteiger partial charge in [0.25, 0.3) is 10.1 Å². The lowest BCUT2D eigenvalue weighted by atomic mass is 10.1. The molecular formula is C12H18N2O6S. The van der Waals surface area contributed by atoms with Gasteiger partial charge in [0.1, 0.15) is 17.2 Å². The van der Waals surface area contributed by atoms with Crippen LogP contribution >= 0.6 is 0 Å². The molecule has 0 spiro atoms. The number of phenolic OH excluding ortho intramolecular Hbond substituents is 2. The Morgan fingerprint density at radius 3 is 2.24 bits per heavy atom. The third-order valence-electron chi connectivity index (χ3n) is 2.64. The van der Waals surface area contributed by atoms with Crippen molar-refractivity contribution in [2.24, 2.45) is 0 Å². The monoisotopic (exact) mass is 318 g/mol. The first-order valence-electron chi connectivity index (χ1n) is 6.04. The average molecular weight is 318 g/mol. The molecule has 0 aliphatic rings. The second-order valence-corrected chi connectivity index (χ2v) is 6.29. The Hall–Kier alpha value is -1.84. The molecule has 0 aromatic heterocycles.